The van der Waals surface area contributed by atoms with Gasteiger partial charge in [-0.05, 0) is 16.7 Å². The molecule has 1 fully saturated rings. The van der Waals surface area contributed by atoms with Crippen LogP contribution in [0.25, 0.3) is 0 Å². The summed E-state index contributed by atoms with van der Waals surface area (Å²) in [6.07, 6.45) is 0. The van der Waals surface area contributed by atoms with Crippen molar-refractivity contribution in [1.82, 2.24) is 5.32 Å². The Kier molecular flexibility index (Phi) is 5.01. The lowest BCUT2D eigenvalue weighted by molar-refractivity contribution is -0.131. The van der Waals surface area contributed by atoms with E-state index in [0.29, 0.717) is 6.54 Å². The first-order valence-electron chi connectivity index (χ1n) is 9.10. The fourth-order valence-corrected chi connectivity index (χ4v) is 5.42. The molecule has 0 aromatic heterocycles. The molecule has 3 aromatic rings. The van der Waals surface area contributed by atoms with Crippen molar-refractivity contribution in [2.45, 2.75) is 10.1 Å². The zero-order valence-corrected chi connectivity index (χ0v) is 15.7. The maximum absolute atomic E-state index is 12.0. The van der Waals surface area contributed by atoms with Gasteiger partial charge in [-0.15, -0.1) is 11.8 Å². The van der Waals surface area contributed by atoms with Crippen molar-refractivity contribution >= 4 is 17.7 Å². The lowest BCUT2D eigenvalue weighted by atomic mass is 9.84. The van der Waals surface area contributed by atoms with Crippen LogP contribution in [-0.2, 0) is 9.54 Å². The van der Waals surface area contributed by atoms with Gasteiger partial charge < -0.3 is 11.1 Å². The number of benzene rings is 3. The Morgan fingerprint density at radius 2 is 1.19 bits per heavy atom. The van der Waals surface area contributed by atoms with Crippen LogP contribution in [0.4, 0.5) is 0 Å². The number of hydrogen-bond acceptors (Lipinski definition) is 3. The summed E-state index contributed by atoms with van der Waals surface area (Å²) in [5, 5.41) is 3.03. The summed E-state index contributed by atoms with van der Waals surface area (Å²) >= 11 is 1.76. The zero-order valence-electron chi connectivity index (χ0n) is 14.9. The number of rotatable bonds is 6. The number of amides is 1. The van der Waals surface area contributed by atoms with E-state index in [9.17, 15) is 4.79 Å². The van der Waals surface area contributed by atoms with E-state index in [1.165, 1.54) is 16.7 Å². The van der Waals surface area contributed by atoms with Crippen LogP contribution in [0.5, 0.6) is 0 Å². The highest BCUT2D eigenvalue weighted by Crippen LogP contribution is 2.51. The molecular formula is C23H22N2OS. The third-order valence-corrected chi connectivity index (χ3v) is 6.85. The Balaban J connectivity index is 1.91. The zero-order chi connectivity index (χ0) is 18.7. The number of nitrogens with one attached hydrogen (secondary N) is 1. The van der Waals surface area contributed by atoms with Crippen LogP contribution in [0.15, 0.2) is 91.0 Å². The molecule has 1 saturated heterocycles. The lowest BCUT2D eigenvalue weighted by Crippen LogP contribution is -2.60. The molecule has 1 aliphatic heterocycles. The highest BCUT2D eigenvalue weighted by Gasteiger charge is 2.47. The minimum atomic E-state index is -0.435. The largest absolute Gasteiger partial charge is 0.343 e. The van der Waals surface area contributed by atoms with Gasteiger partial charge in [-0.25, -0.2) is 0 Å². The lowest BCUT2D eigenvalue weighted by Gasteiger charge is -2.44. The highest BCUT2D eigenvalue weighted by molar-refractivity contribution is 8.01. The molecule has 1 aliphatic rings. The van der Waals surface area contributed by atoms with E-state index in [4.69, 9.17) is 5.73 Å². The normalized spacial score (nSPS) is 19.2. The van der Waals surface area contributed by atoms with Gasteiger partial charge in [0.1, 0.15) is 0 Å². The molecule has 0 aliphatic carbocycles. The highest BCUT2D eigenvalue weighted by atomic mass is 32.2. The Labute approximate surface area is 164 Å². The maximum Gasteiger partial charge on any atom is 0.228 e. The van der Waals surface area contributed by atoms with E-state index < -0.39 is 4.75 Å². The number of nitrogens with two attached hydrogens (primary N) is 1. The molecule has 1 amide bonds. The molecule has 0 radical (unpaired) electrons. The average Bonchev–Trinajstić information content (AvgIpc) is 2.73. The Hall–Kier alpha value is -2.56. The number of thioether (sulfide) groups is 1. The van der Waals surface area contributed by atoms with Crippen molar-refractivity contribution in [2.24, 2.45) is 11.7 Å². The summed E-state index contributed by atoms with van der Waals surface area (Å²) in [6.45, 7) is 0.359. The van der Waals surface area contributed by atoms with Crippen molar-refractivity contribution in [3.63, 3.8) is 0 Å². The molecule has 0 spiro atoms. The molecule has 4 rings (SSSR count). The topological polar surface area (TPSA) is 55.1 Å². The number of β-lactam (4-membered cyclic amide) rings is 1. The van der Waals surface area contributed by atoms with Crippen LogP contribution in [0, 0.1) is 5.92 Å². The smallest absolute Gasteiger partial charge is 0.228 e. The summed E-state index contributed by atoms with van der Waals surface area (Å²) in [5.74, 6) is -0.122. The minimum absolute atomic E-state index is 0.0249. The second-order valence-electron chi connectivity index (χ2n) is 6.67. The summed E-state index contributed by atoms with van der Waals surface area (Å²) in [4.78, 5) is 12.0. The van der Waals surface area contributed by atoms with Crippen LogP contribution >= 0.6 is 11.8 Å². The Bertz CT molecular complexity index is 803. The third kappa shape index (κ3) is 3.15. The molecular weight excluding hydrogens is 352 g/mol. The van der Waals surface area contributed by atoms with Crippen LogP contribution in [-0.4, -0.2) is 17.8 Å². The van der Waals surface area contributed by atoms with E-state index in [1.807, 2.05) is 18.2 Å². The Morgan fingerprint density at radius 1 is 0.778 bits per heavy atom. The summed E-state index contributed by atoms with van der Waals surface area (Å²) in [6, 6.07) is 31.4. The summed E-state index contributed by atoms with van der Waals surface area (Å²) in [7, 11) is 0. The predicted molar refractivity (Wildman–Crippen MR) is 111 cm³/mol. The summed E-state index contributed by atoms with van der Waals surface area (Å²) in [5.41, 5.74) is 9.43. The van der Waals surface area contributed by atoms with Crippen LogP contribution in [0.3, 0.4) is 0 Å². The van der Waals surface area contributed by atoms with E-state index in [-0.39, 0.29) is 17.2 Å². The second-order valence-corrected chi connectivity index (χ2v) is 8.02. The fraction of sp³-hybridized carbons (Fsp3) is 0.174. The van der Waals surface area contributed by atoms with Gasteiger partial charge in [0.2, 0.25) is 5.91 Å². The van der Waals surface area contributed by atoms with Crippen molar-refractivity contribution in [3.05, 3.63) is 108 Å². The molecule has 27 heavy (non-hydrogen) atoms. The second kappa shape index (κ2) is 7.59. The maximum atomic E-state index is 12.0. The van der Waals surface area contributed by atoms with Gasteiger partial charge in [0, 0.05) is 6.54 Å². The van der Waals surface area contributed by atoms with Gasteiger partial charge in [-0.2, -0.15) is 0 Å². The van der Waals surface area contributed by atoms with Crippen molar-refractivity contribution in [2.75, 3.05) is 6.54 Å². The van der Waals surface area contributed by atoms with E-state index in [1.54, 1.807) is 11.8 Å². The number of hydrogen-bond donors (Lipinski definition) is 2. The molecule has 3 aromatic carbocycles. The molecule has 3 N–H and O–H groups in total. The van der Waals surface area contributed by atoms with E-state index in [2.05, 4.69) is 78.1 Å². The van der Waals surface area contributed by atoms with Gasteiger partial charge in [0.25, 0.3) is 0 Å². The van der Waals surface area contributed by atoms with Crippen LogP contribution in [0.1, 0.15) is 16.7 Å². The quantitative estimate of drug-likeness (QED) is 0.510. The average molecular weight is 375 g/mol. The van der Waals surface area contributed by atoms with Gasteiger partial charge in [-0.3, -0.25) is 4.79 Å². The molecule has 4 heteroatoms. The predicted octanol–water partition coefficient (Wildman–Crippen LogP) is 3.74. The molecule has 3 nitrogen and oxygen atoms in total. The fourth-order valence-electron chi connectivity index (χ4n) is 3.64. The molecule has 0 unspecified atom stereocenters. The molecule has 136 valence electrons. The first kappa shape index (κ1) is 17.8. The molecule has 0 saturated carbocycles. The SMILES string of the molecule is NC[C@@H]1C(=O)N[C@H]1SC(c1ccccc1)(c1ccccc1)c1ccccc1. The standard InChI is InChI=1S/C23H22N2OS/c24-16-20-21(26)25-22(20)27-23(17-10-4-1-5-11-17,18-12-6-2-7-13-18)19-14-8-3-9-15-19/h1-15,20,22H,16,24H2,(H,25,26)/t20-,22+/m1/s1. The first-order valence-corrected chi connectivity index (χ1v) is 9.98. The number of carbonyl (C=O) groups excluding carboxylic acids is 1. The van der Waals surface area contributed by atoms with Crippen LogP contribution in [0.2, 0.25) is 0 Å². The molecule has 2 atom stereocenters. The monoisotopic (exact) mass is 374 g/mol. The van der Waals surface area contributed by atoms with Gasteiger partial charge >= 0.3 is 0 Å². The Morgan fingerprint density at radius 3 is 1.52 bits per heavy atom. The molecule has 0 bridgehead atoms. The van der Waals surface area contributed by atoms with E-state index >= 15 is 0 Å². The summed E-state index contributed by atoms with van der Waals surface area (Å²) < 4.78 is -0.435. The van der Waals surface area contributed by atoms with Crippen molar-refractivity contribution < 1.29 is 4.79 Å². The first-order chi connectivity index (χ1) is 13.3. The van der Waals surface area contributed by atoms with E-state index in [0.717, 1.165) is 0 Å². The minimum Gasteiger partial charge on any atom is -0.343 e. The van der Waals surface area contributed by atoms with Gasteiger partial charge in [0.15, 0.2) is 0 Å². The third-order valence-electron chi connectivity index (χ3n) is 5.09. The van der Waals surface area contributed by atoms with Crippen LogP contribution < -0.4 is 11.1 Å². The van der Waals surface area contributed by atoms with Gasteiger partial charge in [0.05, 0.1) is 16.0 Å². The van der Waals surface area contributed by atoms with Crippen molar-refractivity contribution in [3.8, 4) is 0 Å². The molecule has 1 heterocycles. The van der Waals surface area contributed by atoms with Gasteiger partial charge in [-0.1, -0.05) is 91.0 Å². The van der Waals surface area contributed by atoms with Crippen molar-refractivity contribution in [1.29, 1.82) is 0 Å². The number of carbonyl (C=O) groups is 1.